The highest BCUT2D eigenvalue weighted by molar-refractivity contribution is 7.93. The van der Waals surface area contributed by atoms with Gasteiger partial charge in [-0.1, -0.05) is 30.7 Å². The maximum atomic E-state index is 13.1. The summed E-state index contributed by atoms with van der Waals surface area (Å²) in [5.74, 6) is -0.449. The number of allylic oxidation sites excluding steroid dienone is 1. The minimum Gasteiger partial charge on any atom is -0.298 e. The van der Waals surface area contributed by atoms with E-state index in [1.54, 1.807) is 36.4 Å². The Kier molecular flexibility index (Phi) is 3.09. The van der Waals surface area contributed by atoms with Crippen molar-refractivity contribution in [3.63, 3.8) is 0 Å². The molecule has 2 saturated carbocycles. The molecule has 0 radical (unpaired) electrons. The monoisotopic (exact) mass is 290 g/mol. The lowest BCUT2D eigenvalue weighted by atomic mass is 9.85. The van der Waals surface area contributed by atoms with Crippen LogP contribution in [0, 0.1) is 11.8 Å². The first-order chi connectivity index (χ1) is 9.54. The molecule has 4 heteroatoms. The van der Waals surface area contributed by atoms with E-state index in [1.807, 2.05) is 0 Å². The van der Waals surface area contributed by atoms with Gasteiger partial charge in [0.2, 0.25) is 0 Å². The van der Waals surface area contributed by atoms with Crippen molar-refractivity contribution in [1.82, 2.24) is 0 Å². The lowest BCUT2D eigenvalue weighted by Crippen LogP contribution is -2.50. The first-order valence-electron chi connectivity index (χ1n) is 7.00. The summed E-state index contributed by atoms with van der Waals surface area (Å²) in [7, 11) is -3.66. The highest BCUT2D eigenvalue weighted by Gasteiger charge is 2.63. The highest BCUT2D eigenvalue weighted by atomic mass is 32.2. The summed E-state index contributed by atoms with van der Waals surface area (Å²) in [6, 6.07) is 8.35. The number of benzene rings is 1. The van der Waals surface area contributed by atoms with E-state index in [4.69, 9.17) is 0 Å². The number of hydrogen-bond donors (Lipinski definition) is 0. The third-order valence-corrected chi connectivity index (χ3v) is 7.40. The van der Waals surface area contributed by atoms with Crippen LogP contribution in [0.4, 0.5) is 0 Å². The number of rotatable bonds is 3. The van der Waals surface area contributed by atoms with Crippen LogP contribution in [0.25, 0.3) is 0 Å². The number of Topliss-reactive ketones (excluding diaryl/α,β-unsaturated/α-hetero) is 1. The van der Waals surface area contributed by atoms with Crippen LogP contribution in [0.3, 0.4) is 0 Å². The molecule has 2 aliphatic carbocycles. The van der Waals surface area contributed by atoms with Gasteiger partial charge in [0.05, 0.1) is 4.90 Å². The normalized spacial score (nSPS) is 33.1. The molecule has 0 spiro atoms. The van der Waals surface area contributed by atoms with Gasteiger partial charge in [0.25, 0.3) is 0 Å². The lowest BCUT2D eigenvalue weighted by molar-refractivity contribution is -0.124. The quantitative estimate of drug-likeness (QED) is 0.804. The Morgan fingerprint density at radius 1 is 1.25 bits per heavy atom. The molecule has 0 saturated heterocycles. The Labute approximate surface area is 119 Å². The summed E-state index contributed by atoms with van der Waals surface area (Å²) in [6.07, 6.45) is 4.34. The number of sulfone groups is 1. The molecule has 106 valence electrons. The van der Waals surface area contributed by atoms with Crippen LogP contribution in [0.5, 0.6) is 0 Å². The molecule has 0 heterocycles. The SMILES string of the molecule is C=C[C@H]1C[C@H]2CCC[C@]1(S(=O)(=O)c1ccccc1)C2=O. The second kappa shape index (κ2) is 4.55. The summed E-state index contributed by atoms with van der Waals surface area (Å²) in [5, 5.41) is 0. The van der Waals surface area contributed by atoms with Gasteiger partial charge in [-0.3, -0.25) is 4.79 Å². The number of hydrogen-bond acceptors (Lipinski definition) is 3. The largest absolute Gasteiger partial charge is 0.298 e. The van der Waals surface area contributed by atoms with E-state index in [-0.39, 0.29) is 22.5 Å². The summed E-state index contributed by atoms with van der Waals surface area (Å²) >= 11 is 0. The molecule has 3 atom stereocenters. The topological polar surface area (TPSA) is 51.2 Å². The van der Waals surface area contributed by atoms with Crippen molar-refractivity contribution in [2.75, 3.05) is 0 Å². The second-order valence-corrected chi connectivity index (χ2v) is 7.94. The number of fused-ring (bicyclic) bond motifs is 2. The molecule has 20 heavy (non-hydrogen) atoms. The summed E-state index contributed by atoms with van der Waals surface area (Å²) < 4.78 is 24.9. The molecule has 2 aliphatic rings. The van der Waals surface area contributed by atoms with E-state index in [9.17, 15) is 13.2 Å². The van der Waals surface area contributed by atoms with Crippen molar-refractivity contribution >= 4 is 15.6 Å². The molecule has 0 unspecified atom stereocenters. The van der Waals surface area contributed by atoms with Gasteiger partial charge in [-0.05, 0) is 31.4 Å². The molecule has 0 amide bonds. The first kappa shape index (κ1) is 13.6. The second-order valence-electron chi connectivity index (χ2n) is 5.74. The lowest BCUT2D eigenvalue weighted by Gasteiger charge is -2.34. The van der Waals surface area contributed by atoms with E-state index in [0.717, 1.165) is 12.8 Å². The van der Waals surface area contributed by atoms with Gasteiger partial charge in [0.15, 0.2) is 15.6 Å². The Balaban J connectivity index is 2.19. The fourth-order valence-corrected chi connectivity index (χ4v) is 6.24. The third-order valence-electron chi connectivity index (χ3n) is 4.84. The van der Waals surface area contributed by atoms with E-state index >= 15 is 0 Å². The molecule has 3 rings (SSSR count). The average molecular weight is 290 g/mol. The number of ketones is 1. The van der Waals surface area contributed by atoms with E-state index in [2.05, 4.69) is 6.58 Å². The summed E-state index contributed by atoms with van der Waals surface area (Å²) in [4.78, 5) is 12.9. The molecule has 0 N–H and O–H groups in total. The molecule has 0 aliphatic heterocycles. The Hall–Kier alpha value is -1.42. The standard InChI is InChI=1S/C16H18O3S/c1-2-13-11-12-7-6-10-16(13,15(12)17)20(18,19)14-8-4-3-5-9-14/h2-5,8-9,12-13H,1,6-7,10-11H2/t12-,13+,16-/m1/s1. The third kappa shape index (κ3) is 1.57. The van der Waals surface area contributed by atoms with Crippen molar-refractivity contribution in [3.8, 4) is 0 Å². The molecule has 0 aromatic heterocycles. The van der Waals surface area contributed by atoms with E-state index < -0.39 is 14.6 Å². The molecule has 1 aromatic rings. The van der Waals surface area contributed by atoms with E-state index in [1.165, 1.54) is 0 Å². The van der Waals surface area contributed by atoms with Crippen LogP contribution in [0.1, 0.15) is 25.7 Å². The van der Waals surface area contributed by atoms with Crippen LogP contribution >= 0.6 is 0 Å². The maximum absolute atomic E-state index is 13.1. The molecule has 2 fully saturated rings. The van der Waals surface area contributed by atoms with Crippen LogP contribution in [-0.2, 0) is 14.6 Å². The molecule has 3 nitrogen and oxygen atoms in total. The Morgan fingerprint density at radius 3 is 2.60 bits per heavy atom. The minimum absolute atomic E-state index is 0.0856. The van der Waals surface area contributed by atoms with Crippen molar-refractivity contribution in [1.29, 1.82) is 0 Å². The van der Waals surface area contributed by atoms with Crippen molar-refractivity contribution in [2.24, 2.45) is 11.8 Å². The van der Waals surface area contributed by atoms with Gasteiger partial charge in [0.1, 0.15) is 4.75 Å². The number of carbonyl (C=O) groups excluding carboxylic acids is 1. The highest BCUT2D eigenvalue weighted by Crippen LogP contribution is 2.52. The van der Waals surface area contributed by atoms with Crippen molar-refractivity contribution in [3.05, 3.63) is 43.0 Å². The molecule has 2 bridgehead atoms. The molecular weight excluding hydrogens is 272 g/mol. The van der Waals surface area contributed by atoms with Crippen molar-refractivity contribution < 1.29 is 13.2 Å². The fourth-order valence-electron chi connectivity index (χ4n) is 3.86. The van der Waals surface area contributed by atoms with Gasteiger partial charge in [0, 0.05) is 11.8 Å². The van der Waals surface area contributed by atoms with Crippen LogP contribution < -0.4 is 0 Å². The van der Waals surface area contributed by atoms with Gasteiger partial charge in [-0.25, -0.2) is 8.42 Å². The van der Waals surface area contributed by atoms with Crippen LogP contribution in [-0.4, -0.2) is 18.9 Å². The predicted octanol–water partition coefficient (Wildman–Crippen LogP) is 2.77. The molecule has 1 aromatic carbocycles. The predicted molar refractivity (Wildman–Crippen MR) is 77.0 cm³/mol. The fraction of sp³-hybridized carbons (Fsp3) is 0.438. The Morgan fingerprint density at radius 2 is 1.95 bits per heavy atom. The number of carbonyl (C=O) groups is 1. The zero-order valence-corrected chi connectivity index (χ0v) is 12.1. The first-order valence-corrected chi connectivity index (χ1v) is 8.49. The van der Waals surface area contributed by atoms with Gasteiger partial charge < -0.3 is 0 Å². The zero-order chi connectivity index (χ0) is 14.4. The van der Waals surface area contributed by atoms with Crippen LogP contribution in [0.15, 0.2) is 47.9 Å². The minimum atomic E-state index is -3.66. The van der Waals surface area contributed by atoms with Gasteiger partial charge in [-0.2, -0.15) is 0 Å². The van der Waals surface area contributed by atoms with Gasteiger partial charge >= 0.3 is 0 Å². The summed E-state index contributed by atoms with van der Waals surface area (Å²) in [5.41, 5.74) is 0. The van der Waals surface area contributed by atoms with Crippen molar-refractivity contribution in [2.45, 2.75) is 35.3 Å². The average Bonchev–Trinajstić information content (AvgIpc) is 2.64. The van der Waals surface area contributed by atoms with E-state index in [0.29, 0.717) is 12.8 Å². The smallest absolute Gasteiger partial charge is 0.191 e. The van der Waals surface area contributed by atoms with Crippen LogP contribution in [0.2, 0.25) is 0 Å². The van der Waals surface area contributed by atoms with Gasteiger partial charge in [-0.15, -0.1) is 6.58 Å². The molecular formula is C16H18O3S. The Bertz CT molecular complexity index is 648. The maximum Gasteiger partial charge on any atom is 0.191 e. The summed E-state index contributed by atoms with van der Waals surface area (Å²) in [6.45, 7) is 3.77. The zero-order valence-electron chi connectivity index (χ0n) is 11.3.